The van der Waals surface area contributed by atoms with Crippen LogP contribution >= 0.6 is 0 Å². The lowest BCUT2D eigenvalue weighted by molar-refractivity contribution is -0.121. The summed E-state index contributed by atoms with van der Waals surface area (Å²) < 4.78 is 0. The van der Waals surface area contributed by atoms with Crippen molar-refractivity contribution in [3.63, 3.8) is 0 Å². The van der Waals surface area contributed by atoms with Gasteiger partial charge in [0.05, 0.1) is 0 Å². The largest absolute Gasteiger partial charge is 0.356 e. The van der Waals surface area contributed by atoms with Gasteiger partial charge in [-0.3, -0.25) is 4.79 Å². The average molecular weight is 255 g/mol. The minimum atomic E-state index is 0.199. The maximum atomic E-state index is 11.4. The Hall–Kier alpha value is -0.610. The normalized spacial score (nSPS) is 21.2. The van der Waals surface area contributed by atoms with Gasteiger partial charge in [-0.05, 0) is 59.7 Å². The maximum absolute atomic E-state index is 11.4. The van der Waals surface area contributed by atoms with Crippen molar-refractivity contribution in [1.29, 1.82) is 0 Å². The first-order valence-electron chi connectivity index (χ1n) is 7.30. The summed E-state index contributed by atoms with van der Waals surface area (Å²) in [7, 11) is 2.17. The van der Waals surface area contributed by atoms with Gasteiger partial charge in [-0.25, -0.2) is 0 Å². The van der Waals surface area contributed by atoms with Crippen LogP contribution in [0.25, 0.3) is 0 Å². The molecule has 1 heterocycles. The molecular weight excluding hydrogens is 226 g/mol. The third-order valence-electron chi connectivity index (χ3n) is 3.74. The number of rotatable bonds is 7. The van der Waals surface area contributed by atoms with Crippen LogP contribution in [-0.4, -0.2) is 49.6 Å². The highest BCUT2D eigenvalue weighted by Crippen LogP contribution is 2.06. The van der Waals surface area contributed by atoms with Gasteiger partial charge >= 0.3 is 0 Å². The molecule has 0 bridgehead atoms. The van der Waals surface area contributed by atoms with Crippen LogP contribution in [-0.2, 0) is 4.79 Å². The molecule has 0 aromatic carbocycles. The van der Waals surface area contributed by atoms with E-state index < -0.39 is 0 Å². The van der Waals surface area contributed by atoms with Crippen LogP contribution < -0.4 is 10.6 Å². The Kier molecular flexibility index (Phi) is 7.28. The van der Waals surface area contributed by atoms with Gasteiger partial charge in [-0.15, -0.1) is 0 Å². The van der Waals surface area contributed by atoms with Gasteiger partial charge in [0, 0.05) is 25.0 Å². The molecule has 0 spiro atoms. The molecule has 0 radical (unpaired) electrons. The molecule has 1 amide bonds. The van der Waals surface area contributed by atoms with Crippen LogP contribution in [0.3, 0.4) is 0 Å². The number of unbranched alkanes of at least 4 members (excludes halogenated alkanes) is 1. The summed E-state index contributed by atoms with van der Waals surface area (Å²) in [6.45, 7) is 7.48. The Morgan fingerprint density at radius 1 is 1.44 bits per heavy atom. The summed E-state index contributed by atoms with van der Waals surface area (Å²) in [6, 6.07) is 1.01. The molecule has 0 aliphatic carbocycles. The Balaban J connectivity index is 2.04. The first kappa shape index (κ1) is 15.4. The molecule has 1 atom stereocenters. The molecule has 0 aromatic rings. The van der Waals surface area contributed by atoms with Crippen LogP contribution in [0.4, 0.5) is 0 Å². The zero-order chi connectivity index (χ0) is 13.4. The summed E-state index contributed by atoms with van der Waals surface area (Å²) in [5, 5.41) is 6.43. The second kappa shape index (κ2) is 8.48. The molecule has 4 nitrogen and oxygen atoms in total. The molecule has 0 aromatic heterocycles. The monoisotopic (exact) mass is 255 g/mol. The minimum Gasteiger partial charge on any atom is -0.356 e. The second-order valence-electron chi connectivity index (χ2n) is 5.63. The molecule has 1 aliphatic rings. The van der Waals surface area contributed by atoms with Crippen LogP contribution in [0.1, 0.15) is 46.0 Å². The van der Waals surface area contributed by atoms with Crippen LogP contribution in [0.2, 0.25) is 0 Å². The quantitative estimate of drug-likeness (QED) is 0.675. The van der Waals surface area contributed by atoms with E-state index >= 15 is 0 Å². The smallest absolute Gasteiger partial charge is 0.221 e. The standard InChI is InChI=1S/C14H29N3O/c1-12(2)17(3)10-5-4-8-15-13-7-6-9-16-14(18)11-13/h12-13,15H,4-11H2,1-3H3,(H,16,18). The molecule has 18 heavy (non-hydrogen) atoms. The zero-order valence-electron chi connectivity index (χ0n) is 12.2. The van der Waals surface area contributed by atoms with Gasteiger partial charge in [-0.2, -0.15) is 0 Å². The summed E-state index contributed by atoms with van der Waals surface area (Å²) >= 11 is 0. The molecule has 1 fully saturated rings. The first-order valence-corrected chi connectivity index (χ1v) is 7.30. The summed E-state index contributed by atoms with van der Waals surface area (Å²) in [6.07, 6.45) is 5.27. The SMILES string of the molecule is CC(C)N(C)CCCCNC1CCCNC(=O)C1. The van der Waals surface area contributed by atoms with Crippen molar-refractivity contribution >= 4 is 5.91 Å². The van der Waals surface area contributed by atoms with E-state index in [9.17, 15) is 4.79 Å². The summed E-state index contributed by atoms with van der Waals surface area (Å²) in [5.41, 5.74) is 0. The highest BCUT2D eigenvalue weighted by molar-refractivity contribution is 5.76. The zero-order valence-corrected chi connectivity index (χ0v) is 12.2. The predicted molar refractivity (Wildman–Crippen MR) is 75.7 cm³/mol. The minimum absolute atomic E-state index is 0.199. The summed E-state index contributed by atoms with van der Waals surface area (Å²) in [4.78, 5) is 13.8. The fourth-order valence-electron chi connectivity index (χ4n) is 2.20. The van der Waals surface area contributed by atoms with Crippen molar-refractivity contribution in [2.45, 2.75) is 58.0 Å². The van der Waals surface area contributed by atoms with E-state index in [2.05, 4.69) is 36.4 Å². The lowest BCUT2D eigenvalue weighted by Crippen LogP contribution is -2.33. The van der Waals surface area contributed by atoms with E-state index in [0.717, 1.165) is 32.5 Å². The Morgan fingerprint density at radius 2 is 2.22 bits per heavy atom. The molecule has 1 saturated heterocycles. The van der Waals surface area contributed by atoms with Crippen molar-refractivity contribution in [1.82, 2.24) is 15.5 Å². The number of carbonyl (C=O) groups excluding carboxylic acids is 1. The van der Waals surface area contributed by atoms with Gasteiger partial charge in [0.25, 0.3) is 0 Å². The Morgan fingerprint density at radius 3 is 2.94 bits per heavy atom. The third-order valence-corrected chi connectivity index (χ3v) is 3.74. The van der Waals surface area contributed by atoms with E-state index in [1.54, 1.807) is 0 Å². The third kappa shape index (κ3) is 6.36. The van der Waals surface area contributed by atoms with Crippen molar-refractivity contribution in [3.8, 4) is 0 Å². The Bertz CT molecular complexity index is 243. The number of amides is 1. The highest BCUT2D eigenvalue weighted by Gasteiger charge is 2.16. The molecule has 4 heteroatoms. The number of nitrogens with zero attached hydrogens (tertiary/aromatic N) is 1. The molecule has 2 N–H and O–H groups in total. The van der Waals surface area contributed by atoms with Gasteiger partial charge in [0.2, 0.25) is 5.91 Å². The first-order chi connectivity index (χ1) is 8.59. The molecule has 106 valence electrons. The predicted octanol–water partition coefficient (Wildman–Crippen LogP) is 1.37. The number of carbonyl (C=O) groups is 1. The average Bonchev–Trinajstić information content (AvgIpc) is 2.52. The van der Waals surface area contributed by atoms with Crippen LogP contribution in [0, 0.1) is 0 Å². The van der Waals surface area contributed by atoms with Crippen molar-refractivity contribution in [2.75, 3.05) is 26.7 Å². The van der Waals surface area contributed by atoms with Gasteiger partial charge in [-0.1, -0.05) is 0 Å². The number of nitrogens with one attached hydrogen (secondary N) is 2. The van der Waals surface area contributed by atoms with Gasteiger partial charge in [0.15, 0.2) is 0 Å². The second-order valence-corrected chi connectivity index (χ2v) is 5.63. The number of hydrogen-bond acceptors (Lipinski definition) is 3. The van der Waals surface area contributed by atoms with Gasteiger partial charge in [0.1, 0.15) is 0 Å². The topological polar surface area (TPSA) is 44.4 Å². The molecular formula is C14H29N3O. The van der Waals surface area contributed by atoms with Crippen molar-refractivity contribution < 1.29 is 4.79 Å². The molecule has 1 unspecified atom stereocenters. The van der Waals surface area contributed by atoms with Crippen LogP contribution in [0.15, 0.2) is 0 Å². The van der Waals surface area contributed by atoms with E-state index in [0.29, 0.717) is 18.5 Å². The Labute approximate surface area is 111 Å². The van der Waals surface area contributed by atoms with E-state index in [1.165, 1.54) is 12.8 Å². The van der Waals surface area contributed by atoms with Crippen molar-refractivity contribution in [3.05, 3.63) is 0 Å². The lowest BCUT2D eigenvalue weighted by Gasteiger charge is -2.21. The maximum Gasteiger partial charge on any atom is 0.221 e. The highest BCUT2D eigenvalue weighted by atomic mass is 16.1. The fourth-order valence-corrected chi connectivity index (χ4v) is 2.20. The van der Waals surface area contributed by atoms with E-state index in [1.807, 2.05) is 0 Å². The van der Waals surface area contributed by atoms with Crippen LogP contribution in [0.5, 0.6) is 0 Å². The molecule has 1 rings (SSSR count). The summed E-state index contributed by atoms with van der Waals surface area (Å²) in [5.74, 6) is 0.199. The molecule has 1 aliphatic heterocycles. The number of hydrogen-bond donors (Lipinski definition) is 2. The van der Waals surface area contributed by atoms with E-state index in [4.69, 9.17) is 0 Å². The van der Waals surface area contributed by atoms with Crippen molar-refractivity contribution in [2.24, 2.45) is 0 Å². The van der Waals surface area contributed by atoms with Gasteiger partial charge < -0.3 is 15.5 Å². The fraction of sp³-hybridized carbons (Fsp3) is 0.929. The van der Waals surface area contributed by atoms with E-state index in [-0.39, 0.29) is 5.91 Å². The molecule has 0 saturated carbocycles. The lowest BCUT2D eigenvalue weighted by atomic mass is 10.1.